The molecule has 1 aliphatic heterocycles. The van der Waals surface area contributed by atoms with E-state index in [0.717, 1.165) is 0 Å². The van der Waals surface area contributed by atoms with E-state index in [1.165, 1.54) is 9.47 Å². The van der Waals surface area contributed by atoms with Gasteiger partial charge in [0.15, 0.2) is 0 Å². The molecule has 102 valence electrons. The lowest BCUT2D eigenvalue weighted by molar-refractivity contribution is -0.137. The van der Waals surface area contributed by atoms with Gasteiger partial charge in [-0.1, -0.05) is 0 Å². The van der Waals surface area contributed by atoms with Crippen LogP contribution in [0.25, 0.3) is 0 Å². The van der Waals surface area contributed by atoms with Crippen LogP contribution < -0.4 is 5.73 Å². The number of amides is 2. The molecule has 1 aromatic rings. The van der Waals surface area contributed by atoms with E-state index in [9.17, 15) is 14.4 Å². The number of carboxylic acid groups (broad SMARTS) is 1. The summed E-state index contributed by atoms with van der Waals surface area (Å²) in [5, 5.41) is 8.76. The van der Waals surface area contributed by atoms with Crippen LogP contribution in [0.2, 0.25) is 0 Å². The topological polar surface area (TPSA) is 106 Å². The number of hydrogen-bond acceptors (Lipinski definition) is 3. The van der Waals surface area contributed by atoms with E-state index in [1.54, 1.807) is 18.3 Å². The lowest BCUT2D eigenvalue weighted by Crippen LogP contribution is -2.33. The third-order valence-corrected chi connectivity index (χ3v) is 3.23. The third kappa shape index (κ3) is 2.75. The molecule has 1 saturated heterocycles. The van der Waals surface area contributed by atoms with Crippen LogP contribution >= 0.6 is 0 Å². The number of hydrogen-bond donors (Lipinski definition) is 2. The number of nitrogens with zero attached hydrogens (tertiary/aromatic N) is 2. The van der Waals surface area contributed by atoms with E-state index in [4.69, 9.17) is 10.8 Å². The highest BCUT2D eigenvalue weighted by Crippen LogP contribution is 2.18. The number of carbonyl (C=O) groups excluding carboxylic acids is 2. The average Bonchev–Trinajstić information content (AvgIpc) is 2.95. The van der Waals surface area contributed by atoms with Crippen molar-refractivity contribution in [2.75, 3.05) is 13.1 Å². The molecule has 3 N–H and O–H groups in total. The first-order valence-corrected chi connectivity index (χ1v) is 5.94. The van der Waals surface area contributed by atoms with Gasteiger partial charge in [0, 0.05) is 19.3 Å². The van der Waals surface area contributed by atoms with Gasteiger partial charge in [-0.25, -0.2) is 0 Å². The third-order valence-electron chi connectivity index (χ3n) is 3.23. The van der Waals surface area contributed by atoms with Crippen molar-refractivity contribution in [1.29, 1.82) is 0 Å². The molecule has 1 aliphatic rings. The molecule has 0 radical (unpaired) electrons. The van der Waals surface area contributed by atoms with Crippen LogP contribution in [0.5, 0.6) is 0 Å². The summed E-state index contributed by atoms with van der Waals surface area (Å²) < 4.78 is 1.38. The van der Waals surface area contributed by atoms with Crippen LogP contribution in [0.15, 0.2) is 18.3 Å². The molecule has 0 saturated carbocycles. The molecule has 7 nitrogen and oxygen atoms in total. The van der Waals surface area contributed by atoms with E-state index in [0.29, 0.717) is 25.2 Å². The number of aliphatic carboxylic acids is 1. The zero-order chi connectivity index (χ0) is 14.0. The van der Waals surface area contributed by atoms with Gasteiger partial charge in [-0.15, -0.1) is 0 Å². The summed E-state index contributed by atoms with van der Waals surface area (Å²) in [6.45, 7) is 0.498. The van der Waals surface area contributed by atoms with Crippen LogP contribution in [0.3, 0.4) is 0 Å². The molecular weight excluding hydrogens is 250 g/mol. The van der Waals surface area contributed by atoms with Crippen molar-refractivity contribution < 1.29 is 19.5 Å². The first-order valence-electron chi connectivity index (χ1n) is 5.94. The van der Waals surface area contributed by atoms with Crippen molar-refractivity contribution in [3.63, 3.8) is 0 Å². The molecule has 1 atom stereocenters. The van der Waals surface area contributed by atoms with Crippen molar-refractivity contribution in [2.24, 2.45) is 11.7 Å². The highest BCUT2D eigenvalue weighted by molar-refractivity contribution is 5.94. The maximum absolute atomic E-state index is 12.2. The van der Waals surface area contributed by atoms with Gasteiger partial charge in [0.05, 0.1) is 5.92 Å². The van der Waals surface area contributed by atoms with E-state index < -0.39 is 11.9 Å². The Kier molecular flexibility index (Phi) is 3.55. The van der Waals surface area contributed by atoms with Gasteiger partial charge in [-0.2, -0.15) is 0 Å². The highest BCUT2D eigenvalue weighted by atomic mass is 16.4. The quantitative estimate of drug-likeness (QED) is 0.766. The molecule has 7 heteroatoms. The summed E-state index contributed by atoms with van der Waals surface area (Å²) >= 11 is 0. The summed E-state index contributed by atoms with van der Waals surface area (Å²) in [5.41, 5.74) is 5.53. The summed E-state index contributed by atoms with van der Waals surface area (Å²) in [6.07, 6.45) is 2.10. The number of primary amides is 1. The molecule has 2 heterocycles. The summed E-state index contributed by atoms with van der Waals surface area (Å²) in [4.78, 5) is 35.5. The lowest BCUT2D eigenvalue weighted by atomic mass is 10.1. The Morgan fingerprint density at radius 2 is 2.16 bits per heavy atom. The molecule has 2 rings (SSSR count). The van der Waals surface area contributed by atoms with Gasteiger partial charge in [-0.3, -0.25) is 14.4 Å². The van der Waals surface area contributed by atoms with Gasteiger partial charge in [0.2, 0.25) is 5.91 Å². The van der Waals surface area contributed by atoms with Gasteiger partial charge in [0.1, 0.15) is 12.2 Å². The van der Waals surface area contributed by atoms with Gasteiger partial charge < -0.3 is 20.3 Å². The van der Waals surface area contributed by atoms with Crippen LogP contribution in [-0.4, -0.2) is 45.4 Å². The normalized spacial score (nSPS) is 18.5. The first-order chi connectivity index (χ1) is 8.99. The van der Waals surface area contributed by atoms with E-state index in [1.807, 2.05) is 0 Å². The Morgan fingerprint density at radius 3 is 2.74 bits per heavy atom. The number of carbonyl (C=O) groups is 3. The van der Waals surface area contributed by atoms with Crippen molar-refractivity contribution in [2.45, 2.75) is 13.0 Å². The van der Waals surface area contributed by atoms with Gasteiger partial charge in [-0.05, 0) is 18.6 Å². The molecule has 2 amide bonds. The minimum Gasteiger partial charge on any atom is -0.480 e. The SMILES string of the molecule is NC(=O)C1CCN(C(=O)c2cccn2CC(=O)O)C1. The summed E-state index contributed by atoms with van der Waals surface area (Å²) in [7, 11) is 0. The fourth-order valence-corrected chi connectivity index (χ4v) is 2.23. The van der Waals surface area contributed by atoms with Crippen LogP contribution in [0.1, 0.15) is 16.9 Å². The monoisotopic (exact) mass is 265 g/mol. The van der Waals surface area contributed by atoms with Crippen LogP contribution in [0, 0.1) is 5.92 Å². The molecule has 0 spiro atoms. The molecule has 19 heavy (non-hydrogen) atoms. The molecule has 0 aliphatic carbocycles. The fraction of sp³-hybridized carbons (Fsp3) is 0.417. The number of nitrogens with two attached hydrogens (primary N) is 1. The smallest absolute Gasteiger partial charge is 0.323 e. The largest absolute Gasteiger partial charge is 0.480 e. The minimum absolute atomic E-state index is 0.263. The summed E-state index contributed by atoms with van der Waals surface area (Å²) in [5.74, 6) is -2.00. The van der Waals surface area contributed by atoms with Gasteiger partial charge >= 0.3 is 5.97 Å². The van der Waals surface area contributed by atoms with Crippen molar-refractivity contribution >= 4 is 17.8 Å². The predicted molar refractivity (Wildman–Crippen MR) is 65.3 cm³/mol. The molecular formula is C12H15N3O4. The number of aromatic nitrogens is 1. The second-order valence-corrected chi connectivity index (χ2v) is 4.55. The van der Waals surface area contributed by atoms with Crippen LogP contribution in [0.4, 0.5) is 0 Å². The molecule has 1 aromatic heterocycles. The van der Waals surface area contributed by atoms with Crippen molar-refractivity contribution in [1.82, 2.24) is 9.47 Å². The number of rotatable bonds is 4. The molecule has 1 unspecified atom stereocenters. The summed E-state index contributed by atoms with van der Waals surface area (Å²) in [6, 6.07) is 3.20. The van der Waals surface area contributed by atoms with E-state index in [2.05, 4.69) is 0 Å². The first kappa shape index (κ1) is 13.1. The Bertz CT molecular complexity index is 523. The maximum Gasteiger partial charge on any atom is 0.323 e. The van der Waals surface area contributed by atoms with E-state index in [-0.39, 0.29) is 18.4 Å². The van der Waals surface area contributed by atoms with E-state index >= 15 is 0 Å². The van der Waals surface area contributed by atoms with Crippen molar-refractivity contribution in [3.8, 4) is 0 Å². The Hall–Kier alpha value is -2.31. The van der Waals surface area contributed by atoms with Gasteiger partial charge in [0.25, 0.3) is 5.91 Å². The second-order valence-electron chi connectivity index (χ2n) is 4.55. The predicted octanol–water partition coefficient (Wildman–Crippen LogP) is -0.480. The number of likely N-dealkylation sites (tertiary alicyclic amines) is 1. The Morgan fingerprint density at radius 1 is 1.42 bits per heavy atom. The highest BCUT2D eigenvalue weighted by Gasteiger charge is 2.31. The average molecular weight is 265 g/mol. The minimum atomic E-state index is -1.01. The standard InChI is InChI=1S/C12H15N3O4/c13-11(18)8-3-5-15(6-8)12(19)9-2-1-4-14(9)7-10(16)17/h1-2,4,8H,3,5-7H2,(H2,13,18)(H,16,17). The zero-order valence-electron chi connectivity index (χ0n) is 10.3. The second kappa shape index (κ2) is 5.13. The van der Waals surface area contributed by atoms with Crippen molar-refractivity contribution in [3.05, 3.63) is 24.0 Å². The maximum atomic E-state index is 12.2. The molecule has 0 bridgehead atoms. The van der Waals surface area contributed by atoms with Crippen LogP contribution in [-0.2, 0) is 16.1 Å². The molecule has 1 fully saturated rings. The molecule has 0 aromatic carbocycles. The lowest BCUT2D eigenvalue weighted by Gasteiger charge is -2.16. The zero-order valence-corrected chi connectivity index (χ0v) is 10.3. The fourth-order valence-electron chi connectivity index (χ4n) is 2.23. The Labute approximate surface area is 109 Å². The number of carboxylic acids is 1. The Balaban J connectivity index is 2.10.